The highest BCUT2D eigenvalue weighted by atomic mass is 19.1. The summed E-state index contributed by atoms with van der Waals surface area (Å²) in [7, 11) is 1.52. The average Bonchev–Trinajstić information content (AvgIpc) is 2.37. The van der Waals surface area contributed by atoms with Gasteiger partial charge in [-0.15, -0.1) is 0 Å². The number of halogens is 1. The summed E-state index contributed by atoms with van der Waals surface area (Å²) < 4.78 is 18.9. The lowest BCUT2D eigenvalue weighted by molar-refractivity contribution is 0.236. The molecule has 1 rings (SSSR count). The first-order valence-electron chi connectivity index (χ1n) is 6.70. The molecule has 1 aromatic rings. The molecule has 0 heterocycles. The van der Waals surface area contributed by atoms with E-state index in [1.165, 1.54) is 13.2 Å². The fraction of sp³-hybridized carbons (Fsp3) is 0.600. The molecule has 0 spiro atoms. The first kappa shape index (κ1) is 15.9. The third-order valence-electron chi connectivity index (χ3n) is 3.38. The maximum atomic E-state index is 14.0. The number of rotatable bonds is 7. The summed E-state index contributed by atoms with van der Waals surface area (Å²) in [5.41, 5.74) is 0.615. The van der Waals surface area contributed by atoms with Crippen LogP contribution in [0.2, 0.25) is 0 Å². The second kappa shape index (κ2) is 7.46. The lowest BCUT2D eigenvalue weighted by Crippen LogP contribution is -2.36. The van der Waals surface area contributed by atoms with Gasteiger partial charge < -0.3 is 15.2 Å². The highest BCUT2D eigenvalue weighted by Crippen LogP contribution is 2.23. The summed E-state index contributed by atoms with van der Waals surface area (Å²) in [6, 6.07) is 4.95. The maximum absolute atomic E-state index is 14.0. The number of nitrogens with one attached hydrogen (secondary N) is 1. The average molecular weight is 269 g/mol. The molecule has 0 saturated carbocycles. The van der Waals surface area contributed by atoms with Gasteiger partial charge in [-0.1, -0.05) is 19.9 Å². The third-order valence-corrected chi connectivity index (χ3v) is 3.38. The van der Waals surface area contributed by atoms with Crippen molar-refractivity contribution in [3.05, 3.63) is 29.6 Å². The molecule has 0 amide bonds. The Morgan fingerprint density at radius 2 is 2.00 bits per heavy atom. The van der Waals surface area contributed by atoms with Crippen LogP contribution in [0.3, 0.4) is 0 Å². The number of methoxy groups -OCH3 is 1. The largest absolute Gasteiger partial charge is 0.497 e. The Hall–Kier alpha value is -1.13. The SMILES string of the molecule is COc1ccc(C(C)NC(CCO)C(C)C)c(F)c1. The van der Waals surface area contributed by atoms with Gasteiger partial charge in [0.15, 0.2) is 0 Å². The van der Waals surface area contributed by atoms with E-state index >= 15 is 0 Å². The summed E-state index contributed by atoms with van der Waals surface area (Å²) in [6.07, 6.45) is 0.666. The standard InChI is InChI=1S/C15H24FNO2/c1-10(2)15(7-8-18)17-11(3)13-6-5-12(19-4)9-14(13)16/h5-6,9-11,15,17-18H,7-8H2,1-4H3. The molecule has 0 aliphatic rings. The van der Waals surface area contributed by atoms with Gasteiger partial charge in [-0.25, -0.2) is 4.39 Å². The predicted molar refractivity (Wildman–Crippen MR) is 74.8 cm³/mol. The van der Waals surface area contributed by atoms with Crippen molar-refractivity contribution in [2.24, 2.45) is 5.92 Å². The molecule has 108 valence electrons. The number of hydrogen-bond acceptors (Lipinski definition) is 3. The molecule has 0 aliphatic heterocycles. The Bertz CT molecular complexity index is 396. The van der Waals surface area contributed by atoms with Crippen LogP contribution in [0.1, 0.15) is 38.8 Å². The first-order chi connectivity index (χ1) is 8.99. The van der Waals surface area contributed by atoms with Gasteiger partial charge in [0.25, 0.3) is 0 Å². The summed E-state index contributed by atoms with van der Waals surface area (Å²) in [4.78, 5) is 0. The van der Waals surface area contributed by atoms with Crippen molar-refractivity contribution in [3.8, 4) is 5.75 Å². The number of aliphatic hydroxyl groups excluding tert-OH is 1. The van der Waals surface area contributed by atoms with Gasteiger partial charge in [0.1, 0.15) is 11.6 Å². The van der Waals surface area contributed by atoms with Crippen molar-refractivity contribution in [2.75, 3.05) is 13.7 Å². The monoisotopic (exact) mass is 269 g/mol. The Kier molecular flexibility index (Phi) is 6.25. The van der Waals surface area contributed by atoms with Crippen molar-refractivity contribution in [3.63, 3.8) is 0 Å². The van der Waals surface area contributed by atoms with Crippen LogP contribution in [-0.4, -0.2) is 24.9 Å². The zero-order valence-corrected chi connectivity index (χ0v) is 12.1. The zero-order chi connectivity index (χ0) is 14.4. The van der Waals surface area contributed by atoms with Crippen LogP contribution in [0.25, 0.3) is 0 Å². The van der Waals surface area contributed by atoms with Gasteiger partial charge in [-0.2, -0.15) is 0 Å². The van der Waals surface area contributed by atoms with Gasteiger partial charge in [-0.05, 0) is 25.3 Å². The highest BCUT2D eigenvalue weighted by molar-refractivity contribution is 5.30. The van der Waals surface area contributed by atoms with E-state index in [1.807, 2.05) is 6.92 Å². The van der Waals surface area contributed by atoms with Crippen molar-refractivity contribution < 1.29 is 14.2 Å². The predicted octanol–water partition coefficient (Wildman–Crippen LogP) is 2.89. The molecule has 2 unspecified atom stereocenters. The summed E-state index contributed by atoms with van der Waals surface area (Å²) in [5.74, 6) is 0.631. The Morgan fingerprint density at radius 3 is 2.47 bits per heavy atom. The Morgan fingerprint density at radius 1 is 1.32 bits per heavy atom. The second-order valence-corrected chi connectivity index (χ2v) is 5.14. The normalized spacial score (nSPS) is 14.5. The molecule has 0 saturated heterocycles. The van der Waals surface area contributed by atoms with E-state index in [2.05, 4.69) is 19.2 Å². The molecule has 0 aliphatic carbocycles. The van der Waals surface area contributed by atoms with Crippen molar-refractivity contribution in [1.82, 2.24) is 5.32 Å². The highest BCUT2D eigenvalue weighted by Gasteiger charge is 2.18. The van der Waals surface area contributed by atoms with Crippen LogP contribution in [0, 0.1) is 11.7 Å². The number of ether oxygens (including phenoxy) is 1. The van der Waals surface area contributed by atoms with Crippen LogP contribution >= 0.6 is 0 Å². The molecule has 2 N–H and O–H groups in total. The van der Waals surface area contributed by atoms with E-state index in [-0.39, 0.29) is 24.5 Å². The van der Waals surface area contributed by atoms with Crippen molar-refractivity contribution >= 4 is 0 Å². The van der Waals surface area contributed by atoms with Crippen LogP contribution in [-0.2, 0) is 0 Å². The minimum Gasteiger partial charge on any atom is -0.497 e. The first-order valence-corrected chi connectivity index (χ1v) is 6.70. The fourth-order valence-corrected chi connectivity index (χ4v) is 2.15. The van der Waals surface area contributed by atoms with Crippen LogP contribution < -0.4 is 10.1 Å². The molecule has 0 bridgehead atoms. The van der Waals surface area contributed by atoms with Crippen LogP contribution in [0.4, 0.5) is 4.39 Å². The lowest BCUT2D eigenvalue weighted by atomic mass is 9.98. The van der Waals surface area contributed by atoms with E-state index in [0.29, 0.717) is 23.7 Å². The molecular formula is C15H24FNO2. The zero-order valence-electron chi connectivity index (χ0n) is 12.1. The van der Waals surface area contributed by atoms with Crippen LogP contribution in [0.15, 0.2) is 18.2 Å². The summed E-state index contributed by atoms with van der Waals surface area (Å²) in [6.45, 7) is 6.24. The summed E-state index contributed by atoms with van der Waals surface area (Å²) in [5, 5.41) is 12.4. The topological polar surface area (TPSA) is 41.5 Å². The smallest absolute Gasteiger partial charge is 0.131 e. The molecule has 0 radical (unpaired) electrons. The molecule has 1 aromatic carbocycles. The van der Waals surface area contributed by atoms with Gasteiger partial charge in [0, 0.05) is 30.3 Å². The van der Waals surface area contributed by atoms with Gasteiger partial charge >= 0.3 is 0 Å². The number of aliphatic hydroxyl groups is 1. The number of benzene rings is 1. The summed E-state index contributed by atoms with van der Waals surface area (Å²) >= 11 is 0. The quantitative estimate of drug-likeness (QED) is 0.799. The molecule has 0 aromatic heterocycles. The molecule has 0 fully saturated rings. The maximum Gasteiger partial charge on any atom is 0.131 e. The third kappa shape index (κ3) is 4.48. The van der Waals surface area contributed by atoms with Gasteiger partial charge in [-0.3, -0.25) is 0 Å². The molecule has 3 nitrogen and oxygen atoms in total. The van der Waals surface area contributed by atoms with E-state index in [1.54, 1.807) is 12.1 Å². The van der Waals surface area contributed by atoms with Gasteiger partial charge in [0.05, 0.1) is 7.11 Å². The Labute approximate surface area is 114 Å². The van der Waals surface area contributed by atoms with Crippen molar-refractivity contribution in [2.45, 2.75) is 39.3 Å². The minimum atomic E-state index is -0.272. The van der Waals surface area contributed by atoms with E-state index in [9.17, 15) is 4.39 Å². The van der Waals surface area contributed by atoms with E-state index < -0.39 is 0 Å². The molecule has 4 heteroatoms. The number of hydrogen-bond donors (Lipinski definition) is 2. The van der Waals surface area contributed by atoms with Crippen LogP contribution in [0.5, 0.6) is 5.75 Å². The Balaban J connectivity index is 2.79. The fourth-order valence-electron chi connectivity index (χ4n) is 2.15. The second-order valence-electron chi connectivity index (χ2n) is 5.14. The van der Waals surface area contributed by atoms with Gasteiger partial charge in [0.2, 0.25) is 0 Å². The van der Waals surface area contributed by atoms with E-state index in [4.69, 9.17) is 9.84 Å². The molecular weight excluding hydrogens is 245 g/mol. The lowest BCUT2D eigenvalue weighted by Gasteiger charge is -2.26. The van der Waals surface area contributed by atoms with Crippen molar-refractivity contribution in [1.29, 1.82) is 0 Å². The van der Waals surface area contributed by atoms with E-state index in [0.717, 1.165) is 0 Å². The molecule has 19 heavy (non-hydrogen) atoms. The molecule has 2 atom stereocenters. The minimum absolute atomic E-state index is 0.107.